The number of aryl methyl sites for hydroxylation is 1. The van der Waals surface area contributed by atoms with E-state index in [1.54, 1.807) is 25.1 Å². The number of nitrogens with one attached hydrogen (secondary N) is 1. The zero-order chi connectivity index (χ0) is 24.4. The number of aliphatic hydroxyl groups excluding tert-OH is 1. The number of pyridine rings is 1. The number of aliphatic carboxylic acids is 1. The summed E-state index contributed by atoms with van der Waals surface area (Å²) < 4.78 is 19.5. The number of carbonyl (C=O) groups is 2. The predicted molar refractivity (Wildman–Crippen MR) is 122 cm³/mol. The molecule has 3 aromatic rings. The number of hydrogen-bond acceptors (Lipinski definition) is 6. The fourth-order valence-electron chi connectivity index (χ4n) is 4.28. The van der Waals surface area contributed by atoms with Crippen LogP contribution in [0.2, 0.25) is 0 Å². The van der Waals surface area contributed by atoms with Crippen LogP contribution in [0.25, 0.3) is 21.9 Å². The Balaban J connectivity index is 1.98. The summed E-state index contributed by atoms with van der Waals surface area (Å²) in [6.07, 6.45) is 1.33. The zero-order valence-corrected chi connectivity index (χ0v) is 18.5. The molecule has 1 atom stereocenters. The number of amides is 1. The molecule has 1 amide bonds. The number of carboxylic acids is 1. The van der Waals surface area contributed by atoms with Crippen molar-refractivity contribution in [3.05, 3.63) is 59.2 Å². The molecule has 4 N–H and O–H groups in total. The average molecular weight is 468 g/mol. The number of hydrogen-bond donors (Lipinski definition) is 4. The molecule has 9 heteroatoms. The van der Waals surface area contributed by atoms with Gasteiger partial charge in [0.15, 0.2) is 6.04 Å². The Hall–Kier alpha value is -3.56. The summed E-state index contributed by atoms with van der Waals surface area (Å²) in [4.78, 5) is 29.2. The summed E-state index contributed by atoms with van der Waals surface area (Å²) >= 11 is 0. The number of ether oxygens (including phenoxy) is 1. The average Bonchev–Trinajstić information content (AvgIpc) is 2.83. The quantitative estimate of drug-likeness (QED) is 0.437. The van der Waals surface area contributed by atoms with E-state index in [4.69, 9.17) is 9.72 Å². The molecule has 1 aliphatic heterocycles. The molecule has 0 bridgehead atoms. The van der Waals surface area contributed by atoms with Crippen LogP contribution in [0.3, 0.4) is 0 Å². The highest BCUT2D eigenvalue weighted by atomic mass is 19.1. The summed E-state index contributed by atoms with van der Waals surface area (Å²) in [5.74, 6) is -2.66. The van der Waals surface area contributed by atoms with Crippen LogP contribution >= 0.6 is 0 Å². The van der Waals surface area contributed by atoms with Crippen LogP contribution < -0.4 is 5.32 Å². The Labute approximate surface area is 195 Å². The molecular formula is C25H25FN2O6. The number of benzene rings is 2. The predicted octanol–water partition coefficient (Wildman–Crippen LogP) is 3.12. The molecule has 1 unspecified atom stereocenters. The van der Waals surface area contributed by atoms with Gasteiger partial charge in [-0.25, -0.2) is 14.2 Å². The SMILES string of the molecule is Cc1cc(-c2c(C3CCOCC3)nc(C(=O)NC(CO)C(=O)O)c3cc(O)ccc23)ccc1F. The molecule has 4 rings (SSSR count). The number of fused-ring (bicyclic) bond motifs is 1. The van der Waals surface area contributed by atoms with Gasteiger partial charge in [-0.1, -0.05) is 6.07 Å². The van der Waals surface area contributed by atoms with Gasteiger partial charge >= 0.3 is 5.97 Å². The molecule has 178 valence electrons. The highest BCUT2D eigenvalue weighted by Crippen LogP contribution is 2.40. The molecule has 1 saturated heterocycles. The van der Waals surface area contributed by atoms with Crippen LogP contribution in [0.5, 0.6) is 5.75 Å². The number of aliphatic hydroxyl groups is 1. The number of aromatic nitrogens is 1. The lowest BCUT2D eigenvalue weighted by Gasteiger charge is -2.26. The van der Waals surface area contributed by atoms with E-state index < -0.39 is 24.5 Å². The molecule has 2 aromatic carbocycles. The van der Waals surface area contributed by atoms with Crippen LogP contribution in [0.1, 0.15) is 40.5 Å². The van der Waals surface area contributed by atoms with E-state index in [-0.39, 0.29) is 23.2 Å². The fraction of sp³-hybridized carbons (Fsp3) is 0.320. The van der Waals surface area contributed by atoms with Gasteiger partial charge in [0.1, 0.15) is 17.3 Å². The van der Waals surface area contributed by atoms with Gasteiger partial charge in [0.05, 0.1) is 12.3 Å². The molecule has 1 fully saturated rings. The van der Waals surface area contributed by atoms with Gasteiger partial charge in [0.2, 0.25) is 0 Å². The van der Waals surface area contributed by atoms with Crippen LogP contribution in [-0.4, -0.2) is 58.0 Å². The number of carboxylic acid groups (broad SMARTS) is 1. The minimum absolute atomic E-state index is 0.0491. The lowest BCUT2D eigenvalue weighted by Crippen LogP contribution is -2.43. The van der Waals surface area contributed by atoms with Gasteiger partial charge in [-0.3, -0.25) is 4.79 Å². The highest BCUT2D eigenvalue weighted by molar-refractivity contribution is 6.11. The first-order chi connectivity index (χ1) is 16.3. The van der Waals surface area contributed by atoms with E-state index in [2.05, 4.69) is 5.32 Å². The number of phenols is 1. The van der Waals surface area contributed by atoms with Crippen LogP contribution in [-0.2, 0) is 9.53 Å². The molecule has 0 saturated carbocycles. The van der Waals surface area contributed by atoms with E-state index in [1.807, 2.05) is 0 Å². The maximum absolute atomic E-state index is 14.0. The number of carbonyl (C=O) groups excluding carboxylic acids is 1. The number of phenolic OH excluding ortho intramolecular Hbond substituents is 1. The highest BCUT2D eigenvalue weighted by Gasteiger charge is 2.28. The maximum atomic E-state index is 14.0. The molecule has 1 aromatic heterocycles. The third-order valence-corrected chi connectivity index (χ3v) is 6.07. The minimum Gasteiger partial charge on any atom is -0.508 e. The lowest BCUT2D eigenvalue weighted by atomic mass is 9.86. The molecule has 2 heterocycles. The van der Waals surface area contributed by atoms with Crippen molar-refractivity contribution in [3.63, 3.8) is 0 Å². The summed E-state index contributed by atoms with van der Waals surface area (Å²) in [5, 5.41) is 32.0. The second kappa shape index (κ2) is 9.74. The second-order valence-electron chi connectivity index (χ2n) is 8.35. The Morgan fingerprint density at radius 2 is 1.91 bits per heavy atom. The standard InChI is InChI=1S/C25H25FN2O6/c1-13-10-15(2-5-19(13)26)21-17-4-3-16(30)11-18(17)23(24(31)27-20(12-29)25(32)33)28-22(21)14-6-8-34-9-7-14/h2-5,10-11,14,20,29-30H,6-9,12H2,1H3,(H,27,31)(H,32,33). The summed E-state index contributed by atoms with van der Waals surface area (Å²) in [6.45, 7) is 1.92. The van der Waals surface area contributed by atoms with E-state index in [0.717, 1.165) is 5.56 Å². The molecule has 0 aliphatic carbocycles. The molecule has 34 heavy (non-hydrogen) atoms. The Kier molecular flexibility index (Phi) is 6.76. The normalized spacial score (nSPS) is 15.3. The van der Waals surface area contributed by atoms with Gasteiger partial charge in [0, 0.05) is 30.1 Å². The first-order valence-electron chi connectivity index (χ1n) is 11.0. The molecule has 1 aliphatic rings. The van der Waals surface area contributed by atoms with Gasteiger partial charge in [-0.15, -0.1) is 0 Å². The number of nitrogens with zero attached hydrogens (tertiary/aromatic N) is 1. The molecule has 8 nitrogen and oxygen atoms in total. The third kappa shape index (κ3) is 4.57. The van der Waals surface area contributed by atoms with E-state index >= 15 is 0 Å². The van der Waals surface area contributed by atoms with Crippen LogP contribution in [0, 0.1) is 12.7 Å². The fourth-order valence-corrected chi connectivity index (χ4v) is 4.28. The van der Waals surface area contributed by atoms with Crippen molar-refractivity contribution in [2.45, 2.75) is 31.7 Å². The smallest absolute Gasteiger partial charge is 0.328 e. The van der Waals surface area contributed by atoms with Crippen molar-refractivity contribution < 1.29 is 34.0 Å². The van der Waals surface area contributed by atoms with Crippen LogP contribution in [0.4, 0.5) is 4.39 Å². The number of halogens is 1. The van der Waals surface area contributed by atoms with Crippen molar-refractivity contribution >= 4 is 22.6 Å². The third-order valence-electron chi connectivity index (χ3n) is 6.07. The molecular weight excluding hydrogens is 443 g/mol. The largest absolute Gasteiger partial charge is 0.508 e. The van der Waals surface area contributed by atoms with E-state index in [9.17, 15) is 29.3 Å². The van der Waals surface area contributed by atoms with Crippen molar-refractivity contribution in [2.75, 3.05) is 19.8 Å². The van der Waals surface area contributed by atoms with E-state index in [0.29, 0.717) is 53.6 Å². The van der Waals surface area contributed by atoms with Gasteiger partial charge in [-0.2, -0.15) is 0 Å². The topological polar surface area (TPSA) is 129 Å². The Morgan fingerprint density at radius 1 is 1.18 bits per heavy atom. The van der Waals surface area contributed by atoms with Crippen molar-refractivity contribution in [1.82, 2.24) is 10.3 Å². The summed E-state index contributed by atoms with van der Waals surface area (Å²) in [5.41, 5.74) is 2.45. The van der Waals surface area contributed by atoms with E-state index in [1.165, 1.54) is 18.2 Å². The maximum Gasteiger partial charge on any atom is 0.328 e. The number of aromatic hydroxyl groups is 1. The summed E-state index contributed by atoms with van der Waals surface area (Å²) in [7, 11) is 0. The first-order valence-corrected chi connectivity index (χ1v) is 11.0. The Bertz CT molecular complexity index is 1260. The van der Waals surface area contributed by atoms with Crippen molar-refractivity contribution in [2.24, 2.45) is 0 Å². The number of rotatable bonds is 6. The Morgan fingerprint density at radius 3 is 2.56 bits per heavy atom. The first kappa shape index (κ1) is 23.6. The van der Waals surface area contributed by atoms with Gasteiger partial charge in [-0.05, 0) is 66.6 Å². The minimum atomic E-state index is -1.51. The summed E-state index contributed by atoms with van der Waals surface area (Å²) in [6, 6.07) is 7.79. The lowest BCUT2D eigenvalue weighted by molar-refractivity contribution is -0.140. The zero-order valence-electron chi connectivity index (χ0n) is 18.5. The second-order valence-corrected chi connectivity index (χ2v) is 8.35. The van der Waals surface area contributed by atoms with Gasteiger partial charge < -0.3 is 25.4 Å². The van der Waals surface area contributed by atoms with Crippen LogP contribution in [0.15, 0.2) is 36.4 Å². The molecule has 0 radical (unpaired) electrons. The van der Waals surface area contributed by atoms with Gasteiger partial charge in [0.25, 0.3) is 5.91 Å². The monoisotopic (exact) mass is 468 g/mol. The van der Waals surface area contributed by atoms with Crippen molar-refractivity contribution in [3.8, 4) is 16.9 Å². The van der Waals surface area contributed by atoms with Crippen molar-refractivity contribution in [1.29, 1.82) is 0 Å². The molecule has 0 spiro atoms.